The number of imide groups is 1. The van der Waals surface area contributed by atoms with E-state index in [9.17, 15) is 14.4 Å². The molecule has 6 nitrogen and oxygen atoms in total. The molecule has 1 fully saturated rings. The number of rotatable bonds is 5. The summed E-state index contributed by atoms with van der Waals surface area (Å²) in [6, 6.07) is 5.04. The first-order valence-electron chi connectivity index (χ1n) is 7.46. The Hall–Kier alpha value is -1.92. The number of aryl methyl sites for hydroxylation is 1. The third kappa shape index (κ3) is 3.54. The number of fused-ring (bicyclic) bond motifs is 1. The van der Waals surface area contributed by atoms with E-state index >= 15 is 0 Å². The van der Waals surface area contributed by atoms with Gasteiger partial charge in [0.15, 0.2) is 0 Å². The smallest absolute Gasteiger partial charge is 0.262 e. The van der Waals surface area contributed by atoms with Crippen LogP contribution in [0.4, 0.5) is 0 Å². The van der Waals surface area contributed by atoms with E-state index in [4.69, 9.17) is 5.73 Å². The topological polar surface area (TPSA) is 92.5 Å². The van der Waals surface area contributed by atoms with E-state index < -0.39 is 11.8 Å². The first-order chi connectivity index (χ1) is 10.5. The van der Waals surface area contributed by atoms with Crippen LogP contribution in [0.3, 0.4) is 0 Å². The molecule has 0 spiro atoms. The lowest BCUT2D eigenvalue weighted by Gasteiger charge is -2.15. The van der Waals surface area contributed by atoms with Gasteiger partial charge in [-0.15, -0.1) is 12.4 Å². The second kappa shape index (κ2) is 6.68. The highest BCUT2D eigenvalue weighted by Crippen LogP contribution is 2.31. The Morgan fingerprint density at radius 1 is 1.30 bits per heavy atom. The summed E-state index contributed by atoms with van der Waals surface area (Å²) < 4.78 is 0. The number of nitrogens with one attached hydrogen (secondary N) is 1. The standard InChI is InChI=1S/C16H19N3O3.ClH/c1-9-2-5-11-12(6-9)16(22)19(15(11)21)8-14(20)18-7-13(17)10-3-4-10;/h2,5-6,10,13H,3-4,7-8,17H2,1H3,(H,18,20);1H. The summed E-state index contributed by atoms with van der Waals surface area (Å²) in [5.74, 6) is -0.697. The maximum absolute atomic E-state index is 12.3. The number of nitrogens with two attached hydrogens (primary N) is 1. The van der Waals surface area contributed by atoms with Gasteiger partial charge in [0.1, 0.15) is 6.54 Å². The highest BCUT2D eigenvalue weighted by atomic mass is 35.5. The fourth-order valence-corrected chi connectivity index (χ4v) is 2.67. The number of amides is 3. The zero-order valence-electron chi connectivity index (χ0n) is 12.9. The summed E-state index contributed by atoms with van der Waals surface area (Å²) in [5, 5.41) is 2.70. The first kappa shape index (κ1) is 17.4. The van der Waals surface area contributed by atoms with Crippen LogP contribution in [-0.4, -0.2) is 41.8 Å². The van der Waals surface area contributed by atoms with Gasteiger partial charge in [-0.1, -0.05) is 11.6 Å². The number of hydrogen-bond acceptors (Lipinski definition) is 4. The zero-order valence-corrected chi connectivity index (χ0v) is 13.7. The van der Waals surface area contributed by atoms with E-state index in [1.807, 2.05) is 6.92 Å². The molecule has 0 radical (unpaired) electrons. The number of carbonyl (C=O) groups excluding carboxylic acids is 3. The van der Waals surface area contributed by atoms with E-state index in [1.165, 1.54) is 0 Å². The number of nitrogens with zero attached hydrogens (tertiary/aromatic N) is 1. The highest BCUT2D eigenvalue weighted by Gasteiger charge is 2.36. The van der Waals surface area contributed by atoms with Crippen molar-refractivity contribution in [3.05, 3.63) is 34.9 Å². The van der Waals surface area contributed by atoms with Gasteiger partial charge in [-0.3, -0.25) is 19.3 Å². The molecule has 1 aliphatic heterocycles. The summed E-state index contributed by atoms with van der Waals surface area (Å²) in [6.45, 7) is 1.97. The van der Waals surface area contributed by atoms with E-state index in [-0.39, 0.29) is 30.9 Å². The Morgan fingerprint density at radius 2 is 1.96 bits per heavy atom. The molecule has 1 aromatic rings. The molecule has 2 aliphatic rings. The van der Waals surface area contributed by atoms with Gasteiger partial charge in [0.25, 0.3) is 11.8 Å². The molecule has 1 heterocycles. The van der Waals surface area contributed by atoms with Crippen LogP contribution in [0, 0.1) is 12.8 Å². The van der Waals surface area contributed by atoms with Crippen molar-refractivity contribution in [2.75, 3.05) is 13.1 Å². The zero-order chi connectivity index (χ0) is 15.9. The normalized spacial score (nSPS) is 17.6. The molecule has 3 amide bonds. The Bertz CT molecular complexity index is 658. The fourth-order valence-electron chi connectivity index (χ4n) is 2.67. The molecular weight excluding hydrogens is 318 g/mol. The Morgan fingerprint density at radius 3 is 2.61 bits per heavy atom. The molecular formula is C16H20ClN3O3. The van der Waals surface area contributed by atoms with Crippen LogP contribution >= 0.6 is 12.4 Å². The van der Waals surface area contributed by atoms with Crippen LogP contribution in [0.2, 0.25) is 0 Å². The number of carbonyl (C=O) groups is 3. The van der Waals surface area contributed by atoms with E-state index in [0.717, 1.165) is 23.3 Å². The second-order valence-corrected chi connectivity index (χ2v) is 6.05. The van der Waals surface area contributed by atoms with Crippen molar-refractivity contribution < 1.29 is 14.4 Å². The molecule has 1 aliphatic carbocycles. The van der Waals surface area contributed by atoms with Gasteiger partial charge in [-0.2, -0.15) is 0 Å². The van der Waals surface area contributed by atoms with Gasteiger partial charge in [0.2, 0.25) is 5.91 Å². The van der Waals surface area contributed by atoms with Crippen molar-refractivity contribution in [2.45, 2.75) is 25.8 Å². The van der Waals surface area contributed by atoms with Crippen molar-refractivity contribution in [3.63, 3.8) is 0 Å². The molecule has 1 aromatic carbocycles. The van der Waals surface area contributed by atoms with Crippen LogP contribution < -0.4 is 11.1 Å². The van der Waals surface area contributed by atoms with Crippen LogP contribution in [0.15, 0.2) is 18.2 Å². The molecule has 124 valence electrons. The predicted octanol–water partition coefficient (Wildman–Crippen LogP) is 0.866. The first-order valence-corrected chi connectivity index (χ1v) is 7.46. The van der Waals surface area contributed by atoms with Crippen molar-refractivity contribution in [3.8, 4) is 0 Å². The Kier molecular flexibility index (Phi) is 5.06. The van der Waals surface area contributed by atoms with E-state index in [0.29, 0.717) is 23.6 Å². The minimum Gasteiger partial charge on any atom is -0.353 e. The lowest BCUT2D eigenvalue weighted by atomic mass is 10.1. The third-order valence-electron chi connectivity index (χ3n) is 4.19. The molecule has 0 bridgehead atoms. The lowest BCUT2D eigenvalue weighted by molar-refractivity contribution is -0.121. The Labute approximate surface area is 140 Å². The summed E-state index contributed by atoms with van der Waals surface area (Å²) in [5.41, 5.74) is 7.55. The summed E-state index contributed by atoms with van der Waals surface area (Å²) >= 11 is 0. The minimum absolute atomic E-state index is 0. The maximum Gasteiger partial charge on any atom is 0.262 e. The highest BCUT2D eigenvalue weighted by molar-refractivity contribution is 6.22. The van der Waals surface area contributed by atoms with E-state index in [1.54, 1.807) is 18.2 Å². The SMILES string of the molecule is Cc1ccc2c(c1)C(=O)N(CC(=O)NCC(N)C1CC1)C2=O.Cl. The van der Waals surface area contributed by atoms with Crippen molar-refractivity contribution in [1.29, 1.82) is 0 Å². The molecule has 0 saturated heterocycles. The number of benzene rings is 1. The predicted molar refractivity (Wildman–Crippen MR) is 87.5 cm³/mol. The second-order valence-electron chi connectivity index (χ2n) is 6.05. The number of halogens is 1. The van der Waals surface area contributed by atoms with Crippen LogP contribution in [-0.2, 0) is 4.79 Å². The monoisotopic (exact) mass is 337 g/mol. The van der Waals surface area contributed by atoms with Gasteiger partial charge in [-0.25, -0.2) is 0 Å². The molecule has 0 aromatic heterocycles. The summed E-state index contributed by atoms with van der Waals surface area (Å²) in [6.07, 6.45) is 2.21. The fraction of sp³-hybridized carbons (Fsp3) is 0.438. The van der Waals surface area contributed by atoms with Gasteiger partial charge < -0.3 is 11.1 Å². The minimum atomic E-state index is -0.415. The van der Waals surface area contributed by atoms with Gasteiger partial charge in [0.05, 0.1) is 11.1 Å². The molecule has 1 atom stereocenters. The van der Waals surface area contributed by atoms with Gasteiger partial charge >= 0.3 is 0 Å². The average molecular weight is 338 g/mol. The van der Waals surface area contributed by atoms with Gasteiger partial charge in [-0.05, 0) is 37.8 Å². The molecule has 1 saturated carbocycles. The molecule has 3 N–H and O–H groups in total. The average Bonchev–Trinajstić information content (AvgIpc) is 3.30. The lowest BCUT2D eigenvalue weighted by Crippen LogP contribution is -2.44. The summed E-state index contributed by atoms with van der Waals surface area (Å²) in [4.78, 5) is 37.4. The van der Waals surface area contributed by atoms with Gasteiger partial charge in [0, 0.05) is 12.6 Å². The molecule has 7 heteroatoms. The van der Waals surface area contributed by atoms with Crippen molar-refractivity contribution in [1.82, 2.24) is 10.2 Å². The molecule has 1 unspecified atom stereocenters. The van der Waals surface area contributed by atoms with Crippen molar-refractivity contribution >= 4 is 30.1 Å². The largest absolute Gasteiger partial charge is 0.353 e. The summed E-state index contributed by atoms with van der Waals surface area (Å²) in [7, 11) is 0. The van der Waals surface area contributed by atoms with Crippen LogP contribution in [0.5, 0.6) is 0 Å². The molecule has 23 heavy (non-hydrogen) atoms. The van der Waals surface area contributed by atoms with Crippen LogP contribution in [0.25, 0.3) is 0 Å². The number of hydrogen-bond donors (Lipinski definition) is 2. The third-order valence-corrected chi connectivity index (χ3v) is 4.19. The van der Waals surface area contributed by atoms with E-state index in [2.05, 4.69) is 5.32 Å². The van der Waals surface area contributed by atoms with Crippen LogP contribution in [0.1, 0.15) is 39.1 Å². The Balaban J connectivity index is 0.00000192. The maximum atomic E-state index is 12.3. The quantitative estimate of drug-likeness (QED) is 0.780. The van der Waals surface area contributed by atoms with Crippen molar-refractivity contribution in [2.24, 2.45) is 11.7 Å². The molecule has 3 rings (SSSR count).